The number of amides is 1. The van der Waals surface area contributed by atoms with Gasteiger partial charge in [0.1, 0.15) is 17.1 Å². The normalized spacial score (nSPS) is 15.9. The summed E-state index contributed by atoms with van der Waals surface area (Å²) >= 11 is 0. The number of methoxy groups -OCH3 is 1. The second-order valence-electron chi connectivity index (χ2n) is 9.00. The van der Waals surface area contributed by atoms with Gasteiger partial charge in [0.2, 0.25) is 0 Å². The van der Waals surface area contributed by atoms with E-state index in [-0.39, 0.29) is 33.5 Å². The average Bonchev–Trinajstić information content (AvgIpc) is 2.92. The molecule has 0 spiro atoms. The predicted molar refractivity (Wildman–Crippen MR) is 138 cm³/mol. The molecule has 0 radical (unpaired) electrons. The zero-order chi connectivity index (χ0) is 26.7. The van der Waals surface area contributed by atoms with E-state index in [1.165, 1.54) is 25.3 Å². The van der Waals surface area contributed by atoms with Crippen molar-refractivity contribution in [2.45, 2.75) is 0 Å². The summed E-state index contributed by atoms with van der Waals surface area (Å²) in [6, 6.07) is 7.85. The molecule has 13 nitrogen and oxygen atoms in total. The number of carbonyl (C=O) groups is 1. The van der Waals surface area contributed by atoms with Crippen LogP contribution >= 0.6 is 0 Å². The van der Waals surface area contributed by atoms with E-state index in [0.29, 0.717) is 63.9 Å². The Morgan fingerprint density at radius 1 is 0.919 bits per heavy atom. The molecule has 0 saturated carbocycles. The molecule has 0 N–H and O–H groups in total. The Hall–Kier alpha value is -4.13. The Morgan fingerprint density at radius 2 is 1.57 bits per heavy atom. The molecular formula is C24H30N6O7. The molecule has 37 heavy (non-hydrogen) atoms. The minimum Gasteiger partial charge on any atom is -0.496 e. The zero-order valence-electron chi connectivity index (χ0n) is 21.1. The number of benzene rings is 2. The fraction of sp³-hybridized carbons (Fsp3) is 0.458. The predicted octanol–water partition coefficient (Wildman–Crippen LogP) is 2.38. The summed E-state index contributed by atoms with van der Waals surface area (Å²) in [5.74, 6) is -0.0742. The highest BCUT2D eigenvalue weighted by Crippen LogP contribution is 2.36. The third kappa shape index (κ3) is 5.35. The molecule has 13 heteroatoms. The molecule has 2 aromatic rings. The van der Waals surface area contributed by atoms with E-state index in [1.807, 2.05) is 11.0 Å². The first kappa shape index (κ1) is 25.9. The van der Waals surface area contributed by atoms with E-state index in [2.05, 4.69) is 4.90 Å². The molecule has 0 bridgehead atoms. The second-order valence-corrected chi connectivity index (χ2v) is 9.00. The van der Waals surface area contributed by atoms with Gasteiger partial charge in [-0.25, -0.2) is 0 Å². The monoisotopic (exact) mass is 514 g/mol. The van der Waals surface area contributed by atoms with Crippen LogP contribution in [0, 0.1) is 20.2 Å². The molecule has 2 fully saturated rings. The van der Waals surface area contributed by atoms with Gasteiger partial charge in [-0.3, -0.25) is 25.0 Å². The Labute approximate surface area is 214 Å². The molecule has 0 unspecified atom stereocenters. The minimum atomic E-state index is -0.510. The van der Waals surface area contributed by atoms with E-state index in [9.17, 15) is 25.0 Å². The van der Waals surface area contributed by atoms with Crippen LogP contribution in [0.2, 0.25) is 0 Å². The maximum absolute atomic E-state index is 13.4. The topological polar surface area (TPSA) is 135 Å². The number of carbonyl (C=O) groups excluding carboxylic acids is 1. The van der Waals surface area contributed by atoms with E-state index in [4.69, 9.17) is 9.47 Å². The van der Waals surface area contributed by atoms with Gasteiger partial charge in [-0.05, 0) is 12.1 Å². The van der Waals surface area contributed by atoms with Crippen molar-refractivity contribution in [2.75, 3.05) is 88.4 Å². The number of ether oxygens (including phenoxy) is 2. The van der Waals surface area contributed by atoms with Crippen LogP contribution in [0.4, 0.5) is 28.4 Å². The van der Waals surface area contributed by atoms with Gasteiger partial charge < -0.3 is 29.1 Å². The van der Waals surface area contributed by atoms with Crippen molar-refractivity contribution >= 4 is 34.3 Å². The summed E-state index contributed by atoms with van der Waals surface area (Å²) in [4.78, 5) is 43.0. The van der Waals surface area contributed by atoms with Gasteiger partial charge in [-0.15, -0.1) is 0 Å². The molecule has 0 aromatic heterocycles. The Kier molecular flexibility index (Phi) is 7.62. The number of morpholine rings is 1. The number of anilines is 3. The number of nitrogens with zero attached hydrogens (tertiary/aromatic N) is 6. The first-order chi connectivity index (χ1) is 17.7. The van der Waals surface area contributed by atoms with Crippen molar-refractivity contribution in [3.63, 3.8) is 0 Å². The highest BCUT2D eigenvalue weighted by molar-refractivity contribution is 5.99. The molecule has 0 atom stereocenters. The zero-order valence-corrected chi connectivity index (χ0v) is 21.1. The summed E-state index contributed by atoms with van der Waals surface area (Å²) in [6.07, 6.45) is 0. The summed E-state index contributed by atoms with van der Waals surface area (Å²) in [5, 5.41) is 23.3. The maximum atomic E-state index is 13.4. The van der Waals surface area contributed by atoms with E-state index < -0.39 is 4.92 Å². The third-order valence-electron chi connectivity index (χ3n) is 6.65. The number of hydrogen-bond acceptors (Lipinski definition) is 10. The molecular weight excluding hydrogens is 484 g/mol. The van der Waals surface area contributed by atoms with Crippen molar-refractivity contribution < 1.29 is 24.1 Å². The minimum absolute atomic E-state index is 0.0503. The summed E-state index contributed by atoms with van der Waals surface area (Å²) in [5.41, 5.74) is 1.75. The highest BCUT2D eigenvalue weighted by atomic mass is 16.6. The Morgan fingerprint density at radius 3 is 2.14 bits per heavy atom. The van der Waals surface area contributed by atoms with E-state index >= 15 is 0 Å². The average molecular weight is 515 g/mol. The number of hydrogen-bond donors (Lipinski definition) is 0. The van der Waals surface area contributed by atoms with Crippen molar-refractivity contribution in [1.29, 1.82) is 0 Å². The number of rotatable bonds is 7. The van der Waals surface area contributed by atoms with Crippen molar-refractivity contribution in [3.05, 3.63) is 56.1 Å². The lowest BCUT2D eigenvalue weighted by Crippen LogP contribution is -2.49. The van der Waals surface area contributed by atoms with Crippen LogP contribution in [-0.4, -0.2) is 94.3 Å². The van der Waals surface area contributed by atoms with Crippen molar-refractivity contribution in [2.24, 2.45) is 0 Å². The molecule has 198 valence electrons. The fourth-order valence-corrected chi connectivity index (χ4v) is 4.66. The Balaban J connectivity index is 1.53. The molecule has 1 amide bonds. The van der Waals surface area contributed by atoms with E-state index in [1.54, 1.807) is 30.0 Å². The molecule has 4 rings (SSSR count). The van der Waals surface area contributed by atoms with Gasteiger partial charge in [0, 0.05) is 77.3 Å². The van der Waals surface area contributed by atoms with Gasteiger partial charge in [0.15, 0.2) is 0 Å². The number of piperazine rings is 1. The number of nitro groups is 2. The highest BCUT2D eigenvalue weighted by Gasteiger charge is 2.30. The second kappa shape index (κ2) is 10.9. The van der Waals surface area contributed by atoms with Gasteiger partial charge in [0.05, 0.1) is 35.7 Å². The first-order valence-electron chi connectivity index (χ1n) is 11.9. The molecule has 2 aromatic carbocycles. The van der Waals surface area contributed by atoms with Crippen LogP contribution in [0.1, 0.15) is 10.4 Å². The van der Waals surface area contributed by atoms with Crippen LogP contribution in [0.5, 0.6) is 5.75 Å². The standard InChI is InChI=1S/C24H30N6O7/c1-25(2)20-16-23(36-3)18(15-22(20)30(34)35)24(31)28-8-6-26(7-9-28)17-4-5-19(29(32)33)21(14-17)27-10-12-37-13-11-27/h4-5,14-16H,6-13H2,1-3H3. The lowest BCUT2D eigenvalue weighted by molar-refractivity contribution is -0.384. The molecule has 2 aliphatic heterocycles. The fourth-order valence-electron chi connectivity index (χ4n) is 4.66. The van der Waals surface area contributed by atoms with Crippen LogP contribution in [0.25, 0.3) is 0 Å². The van der Waals surface area contributed by atoms with Gasteiger partial charge in [-0.2, -0.15) is 0 Å². The lowest BCUT2D eigenvalue weighted by atomic mass is 10.1. The van der Waals surface area contributed by atoms with Gasteiger partial charge in [0.25, 0.3) is 17.3 Å². The summed E-state index contributed by atoms with van der Waals surface area (Å²) in [7, 11) is 4.80. The summed E-state index contributed by atoms with van der Waals surface area (Å²) < 4.78 is 10.8. The number of nitro benzene ring substituents is 2. The third-order valence-corrected chi connectivity index (χ3v) is 6.65. The molecule has 0 aliphatic carbocycles. The van der Waals surface area contributed by atoms with E-state index in [0.717, 1.165) is 5.69 Å². The molecule has 2 aliphatic rings. The maximum Gasteiger partial charge on any atom is 0.293 e. The SMILES string of the molecule is COc1cc(N(C)C)c([N+](=O)[O-])cc1C(=O)N1CCN(c2ccc([N+](=O)[O-])c(N3CCOCC3)c2)CC1. The lowest BCUT2D eigenvalue weighted by Gasteiger charge is -2.37. The first-order valence-corrected chi connectivity index (χ1v) is 11.9. The van der Waals surface area contributed by atoms with Crippen LogP contribution in [-0.2, 0) is 4.74 Å². The largest absolute Gasteiger partial charge is 0.496 e. The van der Waals surface area contributed by atoms with Crippen molar-refractivity contribution in [1.82, 2.24) is 4.90 Å². The summed E-state index contributed by atoms with van der Waals surface area (Å²) in [6.45, 7) is 3.96. The molecule has 2 heterocycles. The van der Waals surface area contributed by atoms with Crippen LogP contribution in [0.3, 0.4) is 0 Å². The van der Waals surface area contributed by atoms with Crippen molar-refractivity contribution in [3.8, 4) is 5.75 Å². The Bertz CT molecular complexity index is 1190. The van der Waals surface area contributed by atoms with Crippen LogP contribution in [0.15, 0.2) is 30.3 Å². The van der Waals surface area contributed by atoms with Gasteiger partial charge in [-0.1, -0.05) is 0 Å². The molecule has 2 saturated heterocycles. The quantitative estimate of drug-likeness (QED) is 0.400. The van der Waals surface area contributed by atoms with Gasteiger partial charge >= 0.3 is 0 Å². The van der Waals surface area contributed by atoms with Crippen LogP contribution < -0.4 is 19.4 Å². The smallest absolute Gasteiger partial charge is 0.293 e.